The lowest BCUT2D eigenvalue weighted by Crippen LogP contribution is -2.13. The van der Waals surface area contributed by atoms with E-state index in [1.54, 1.807) is 12.1 Å². The van der Waals surface area contributed by atoms with E-state index in [1.807, 2.05) is 13.0 Å². The first-order valence-corrected chi connectivity index (χ1v) is 7.57. The summed E-state index contributed by atoms with van der Waals surface area (Å²) in [5, 5.41) is 9.34. The highest BCUT2D eigenvalue weighted by atomic mass is 35.5. The number of sulfonamides is 1. The summed E-state index contributed by atoms with van der Waals surface area (Å²) in [7, 11) is -3.74. The van der Waals surface area contributed by atoms with Crippen LogP contribution in [0.15, 0.2) is 47.4 Å². The van der Waals surface area contributed by atoms with Crippen LogP contribution in [0.5, 0.6) is 0 Å². The number of benzene rings is 2. The summed E-state index contributed by atoms with van der Waals surface area (Å²) in [6.45, 7) is 1.87. The van der Waals surface area contributed by atoms with Crippen molar-refractivity contribution >= 4 is 27.3 Å². The zero-order valence-corrected chi connectivity index (χ0v) is 12.2. The van der Waals surface area contributed by atoms with Gasteiger partial charge in [0.05, 0.1) is 16.1 Å². The largest absolute Gasteiger partial charge is 0.278 e. The SMILES string of the molecule is Cc1ccc(S(=O)(=O)Nc2cc(Cl)ccc2C#N)cc1. The molecule has 0 radical (unpaired) electrons. The molecule has 0 saturated heterocycles. The number of halogens is 1. The highest BCUT2D eigenvalue weighted by Crippen LogP contribution is 2.23. The van der Waals surface area contributed by atoms with E-state index in [0.717, 1.165) is 5.56 Å². The number of hydrogen-bond donors (Lipinski definition) is 1. The van der Waals surface area contributed by atoms with Crippen LogP contribution in [0.25, 0.3) is 0 Å². The number of nitrogens with zero attached hydrogens (tertiary/aromatic N) is 1. The van der Waals surface area contributed by atoms with Gasteiger partial charge in [-0.15, -0.1) is 0 Å². The Morgan fingerprint density at radius 3 is 2.40 bits per heavy atom. The van der Waals surface area contributed by atoms with E-state index in [4.69, 9.17) is 16.9 Å². The zero-order chi connectivity index (χ0) is 14.8. The monoisotopic (exact) mass is 306 g/mol. The normalized spacial score (nSPS) is 10.8. The molecule has 0 fully saturated rings. The van der Waals surface area contributed by atoms with Gasteiger partial charge in [-0.2, -0.15) is 5.26 Å². The van der Waals surface area contributed by atoms with Gasteiger partial charge >= 0.3 is 0 Å². The Morgan fingerprint density at radius 1 is 1.15 bits per heavy atom. The Kier molecular flexibility index (Phi) is 3.98. The molecule has 0 spiro atoms. The molecule has 0 aliphatic heterocycles. The Hall–Kier alpha value is -2.03. The lowest BCUT2D eigenvalue weighted by molar-refractivity contribution is 0.601. The molecular weight excluding hydrogens is 296 g/mol. The molecule has 0 aromatic heterocycles. The van der Waals surface area contributed by atoms with E-state index in [0.29, 0.717) is 5.02 Å². The van der Waals surface area contributed by atoms with Crippen molar-refractivity contribution in [3.63, 3.8) is 0 Å². The Labute approximate surface area is 122 Å². The average molecular weight is 307 g/mol. The topological polar surface area (TPSA) is 70.0 Å². The lowest BCUT2D eigenvalue weighted by Gasteiger charge is -2.10. The molecular formula is C14H11ClN2O2S. The first kappa shape index (κ1) is 14.4. The van der Waals surface area contributed by atoms with Gasteiger partial charge in [-0.05, 0) is 37.3 Å². The number of hydrogen-bond acceptors (Lipinski definition) is 3. The second-order valence-electron chi connectivity index (χ2n) is 4.22. The molecule has 20 heavy (non-hydrogen) atoms. The summed E-state index contributed by atoms with van der Waals surface area (Å²) in [5.41, 5.74) is 1.34. The summed E-state index contributed by atoms with van der Waals surface area (Å²) < 4.78 is 26.8. The van der Waals surface area contributed by atoms with E-state index < -0.39 is 10.0 Å². The van der Waals surface area contributed by atoms with Gasteiger partial charge in [-0.1, -0.05) is 29.3 Å². The van der Waals surface area contributed by atoms with Gasteiger partial charge in [0.1, 0.15) is 6.07 Å². The molecule has 0 bridgehead atoms. The average Bonchev–Trinajstić information content (AvgIpc) is 2.39. The number of anilines is 1. The quantitative estimate of drug-likeness (QED) is 0.945. The van der Waals surface area contributed by atoms with Crippen LogP contribution in [-0.2, 0) is 10.0 Å². The Morgan fingerprint density at radius 2 is 1.80 bits per heavy atom. The van der Waals surface area contributed by atoms with Gasteiger partial charge < -0.3 is 0 Å². The molecule has 102 valence electrons. The van der Waals surface area contributed by atoms with Crippen molar-refractivity contribution in [3.05, 3.63) is 58.6 Å². The van der Waals surface area contributed by atoms with Gasteiger partial charge in [0.2, 0.25) is 0 Å². The second-order valence-corrected chi connectivity index (χ2v) is 6.34. The first-order valence-electron chi connectivity index (χ1n) is 5.71. The van der Waals surface area contributed by atoms with Crippen molar-refractivity contribution in [2.45, 2.75) is 11.8 Å². The predicted molar refractivity (Wildman–Crippen MR) is 78.2 cm³/mol. The summed E-state index contributed by atoms with van der Waals surface area (Å²) in [6.07, 6.45) is 0. The van der Waals surface area contributed by atoms with Crippen LogP contribution in [0.2, 0.25) is 5.02 Å². The van der Waals surface area contributed by atoms with Gasteiger partial charge in [0.15, 0.2) is 0 Å². The minimum Gasteiger partial charge on any atom is -0.278 e. The third-order valence-corrected chi connectivity index (χ3v) is 4.29. The number of aryl methyl sites for hydroxylation is 1. The molecule has 2 rings (SSSR count). The number of rotatable bonds is 3. The van der Waals surface area contributed by atoms with Gasteiger partial charge in [-0.3, -0.25) is 4.72 Å². The molecule has 2 aromatic rings. The number of nitrogens with one attached hydrogen (secondary N) is 1. The first-order chi connectivity index (χ1) is 9.42. The second kappa shape index (κ2) is 5.53. The van der Waals surface area contributed by atoms with E-state index >= 15 is 0 Å². The van der Waals surface area contributed by atoms with Gasteiger partial charge in [0, 0.05) is 5.02 Å². The lowest BCUT2D eigenvalue weighted by atomic mass is 10.2. The van der Waals surface area contributed by atoms with Crippen LogP contribution in [0.1, 0.15) is 11.1 Å². The van der Waals surface area contributed by atoms with Crippen molar-refractivity contribution in [2.24, 2.45) is 0 Å². The maximum Gasteiger partial charge on any atom is 0.261 e. The van der Waals surface area contributed by atoms with Crippen LogP contribution in [-0.4, -0.2) is 8.42 Å². The fourth-order valence-corrected chi connectivity index (χ4v) is 2.86. The maximum atomic E-state index is 12.2. The molecule has 0 aliphatic carbocycles. The minimum atomic E-state index is -3.74. The third-order valence-electron chi connectivity index (χ3n) is 2.68. The molecule has 0 unspecified atom stereocenters. The van der Waals surface area contributed by atoms with Crippen LogP contribution in [0.3, 0.4) is 0 Å². The Bertz CT molecular complexity index is 778. The molecule has 0 amide bonds. The van der Waals surface area contributed by atoms with E-state index in [9.17, 15) is 8.42 Å². The standard InChI is InChI=1S/C14H11ClN2O2S/c1-10-2-6-13(7-3-10)20(18,19)17-14-8-12(15)5-4-11(14)9-16/h2-8,17H,1H3. The van der Waals surface area contributed by atoms with Crippen LogP contribution in [0.4, 0.5) is 5.69 Å². The van der Waals surface area contributed by atoms with Crippen molar-refractivity contribution in [2.75, 3.05) is 4.72 Å². The molecule has 0 saturated carbocycles. The van der Waals surface area contributed by atoms with Crippen molar-refractivity contribution in [3.8, 4) is 6.07 Å². The molecule has 2 aromatic carbocycles. The van der Waals surface area contributed by atoms with Crippen LogP contribution >= 0.6 is 11.6 Å². The third kappa shape index (κ3) is 3.10. The van der Waals surface area contributed by atoms with Crippen molar-refractivity contribution < 1.29 is 8.42 Å². The predicted octanol–water partition coefficient (Wildman–Crippen LogP) is 3.32. The summed E-state index contributed by atoms with van der Waals surface area (Å²) in [5.74, 6) is 0. The molecule has 0 heterocycles. The van der Waals surface area contributed by atoms with E-state index in [-0.39, 0.29) is 16.1 Å². The summed E-state index contributed by atoms with van der Waals surface area (Å²) >= 11 is 5.83. The number of nitriles is 1. The fourth-order valence-electron chi connectivity index (χ4n) is 1.62. The van der Waals surface area contributed by atoms with Crippen LogP contribution < -0.4 is 4.72 Å². The highest BCUT2D eigenvalue weighted by molar-refractivity contribution is 7.92. The van der Waals surface area contributed by atoms with Crippen LogP contribution in [0, 0.1) is 18.3 Å². The van der Waals surface area contributed by atoms with Crippen molar-refractivity contribution in [1.29, 1.82) is 5.26 Å². The molecule has 4 nitrogen and oxygen atoms in total. The summed E-state index contributed by atoms with van der Waals surface area (Å²) in [4.78, 5) is 0.131. The Balaban J connectivity index is 2.41. The zero-order valence-electron chi connectivity index (χ0n) is 10.6. The van der Waals surface area contributed by atoms with Crippen molar-refractivity contribution in [1.82, 2.24) is 0 Å². The fraction of sp³-hybridized carbons (Fsp3) is 0.0714. The molecule has 0 atom stereocenters. The molecule has 0 aliphatic rings. The van der Waals surface area contributed by atoms with Gasteiger partial charge in [-0.25, -0.2) is 8.42 Å². The molecule has 1 N–H and O–H groups in total. The summed E-state index contributed by atoms with van der Waals surface area (Å²) in [6, 6.07) is 12.8. The smallest absolute Gasteiger partial charge is 0.261 e. The minimum absolute atomic E-state index is 0.131. The highest BCUT2D eigenvalue weighted by Gasteiger charge is 2.16. The molecule has 6 heteroatoms. The maximum absolute atomic E-state index is 12.2. The van der Waals surface area contributed by atoms with E-state index in [2.05, 4.69) is 4.72 Å². The van der Waals surface area contributed by atoms with E-state index in [1.165, 1.54) is 30.3 Å². The van der Waals surface area contributed by atoms with Gasteiger partial charge in [0.25, 0.3) is 10.0 Å².